The van der Waals surface area contributed by atoms with Crippen molar-refractivity contribution in [3.05, 3.63) is 35.4 Å². The van der Waals surface area contributed by atoms with E-state index in [-0.39, 0.29) is 23.6 Å². The third-order valence-electron chi connectivity index (χ3n) is 6.01. The summed E-state index contributed by atoms with van der Waals surface area (Å²) < 4.78 is 0. The number of carbonyl (C=O) groups excluding carboxylic acids is 3. The number of carbonyl (C=O) groups is 3. The van der Waals surface area contributed by atoms with Crippen molar-refractivity contribution in [2.45, 2.75) is 58.5 Å². The Hall–Kier alpha value is -2.37. The second kappa shape index (κ2) is 9.22. The van der Waals surface area contributed by atoms with Crippen molar-refractivity contribution < 1.29 is 14.4 Å². The van der Waals surface area contributed by atoms with Gasteiger partial charge in [0.25, 0.3) is 5.91 Å². The topological polar surface area (TPSA) is 69.7 Å². The predicted molar refractivity (Wildman–Crippen MR) is 108 cm³/mol. The van der Waals surface area contributed by atoms with Crippen LogP contribution < -0.4 is 5.32 Å². The Kier molecular flexibility index (Phi) is 6.70. The number of benzene rings is 1. The van der Waals surface area contributed by atoms with E-state index in [1.165, 1.54) is 12.8 Å². The molecule has 0 spiro atoms. The second-order valence-electron chi connectivity index (χ2n) is 7.78. The lowest BCUT2D eigenvalue weighted by Gasteiger charge is -2.23. The third kappa shape index (κ3) is 4.54. The Labute approximate surface area is 167 Å². The number of hydrogen-bond donors (Lipinski definition) is 1. The summed E-state index contributed by atoms with van der Waals surface area (Å²) in [5.74, 6) is -0.169. The van der Waals surface area contributed by atoms with Crippen molar-refractivity contribution in [1.82, 2.24) is 15.1 Å². The average molecular weight is 386 g/mol. The zero-order valence-corrected chi connectivity index (χ0v) is 16.9. The molecule has 1 N–H and O–H groups in total. The normalized spacial score (nSPS) is 19.9. The zero-order valence-electron chi connectivity index (χ0n) is 16.9. The molecule has 1 aromatic rings. The first-order valence-corrected chi connectivity index (χ1v) is 10.5. The molecular formula is C22H31N3O3. The van der Waals surface area contributed by atoms with Gasteiger partial charge in [0.2, 0.25) is 11.8 Å². The fraction of sp³-hybridized carbons (Fsp3) is 0.591. The van der Waals surface area contributed by atoms with Gasteiger partial charge in [-0.3, -0.25) is 14.4 Å². The molecule has 3 rings (SSSR count). The molecule has 0 aromatic heterocycles. The summed E-state index contributed by atoms with van der Waals surface area (Å²) >= 11 is 0. The molecule has 0 radical (unpaired) electrons. The van der Waals surface area contributed by atoms with Gasteiger partial charge in [0.1, 0.15) is 0 Å². The van der Waals surface area contributed by atoms with Crippen molar-refractivity contribution in [2.24, 2.45) is 5.92 Å². The van der Waals surface area contributed by atoms with E-state index in [2.05, 4.69) is 5.32 Å². The number of hydrogen-bond acceptors (Lipinski definition) is 3. The summed E-state index contributed by atoms with van der Waals surface area (Å²) in [7, 11) is 0. The highest BCUT2D eigenvalue weighted by Gasteiger charge is 2.38. The lowest BCUT2D eigenvalue weighted by Crippen LogP contribution is -2.36. The molecule has 6 nitrogen and oxygen atoms in total. The maximum Gasteiger partial charge on any atom is 0.253 e. The van der Waals surface area contributed by atoms with Crippen LogP contribution in [0.15, 0.2) is 24.3 Å². The molecule has 152 valence electrons. The molecule has 3 amide bonds. The van der Waals surface area contributed by atoms with Crippen LogP contribution in [-0.4, -0.2) is 53.2 Å². The molecule has 1 unspecified atom stereocenters. The van der Waals surface area contributed by atoms with Crippen LogP contribution in [0.5, 0.6) is 0 Å². The molecule has 28 heavy (non-hydrogen) atoms. The van der Waals surface area contributed by atoms with Crippen LogP contribution in [0, 0.1) is 5.92 Å². The molecule has 6 heteroatoms. The maximum atomic E-state index is 12.5. The van der Waals surface area contributed by atoms with Gasteiger partial charge in [-0.2, -0.15) is 0 Å². The van der Waals surface area contributed by atoms with Crippen molar-refractivity contribution in [2.75, 3.05) is 19.6 Å². The van der Waals surface area contributed by atoms with E-state index in [1.807, 2.05) is 43.0 Å². The van der Waals surface area contributed by atoms with E-state index in [0.29, 0.717) is 44.2 Å². The van der Waals surface area contributed by atoms with Gasteiger partial charge >= 0.3 is 0 Å². The van der Waals surface area contributed by atoms with Gasteiger partial charge in [0.05, 0.1) is 5.92 Å². The minimum absolute atomic E-state index is 0.0251. The van der Waals surface area contributed by atoms with E-state index in [4.69, 9.17) is 0 Å². The molecule has 2 fully saturated rings. The van der Waals surface area contributed by atoms with E-state index < -0.39 is 0 Å². The van der Waals surface area contributed by atoms with Crippen molar-refractivity contribution >= 4 is 17.7 Å². The molecule has 1 aromatic carbocycles. The quantitative estimate of drug-likeness (QED) is 0.784. The highest BCUT2D eigenvalue weighted by molar-refractivity contribution is 5.94. The first kappa shape index (κ1) is 20.4. The van der Waals surface area contributed by atoms with Gasteiger partial charge in [-0.25, -0.2) is 0 Å². The Morgan fingerprint density at radius 2 is 1.75 bits per heavy atom. The molecule has 2 aliphatic rings. The van der Waals surface area contributed by atoms with Gasteiger partial charge in [-0.05, 0) is 44.4 Å². The molecule has 1 aliphatic carbocycles. The van der Waals surface area contributed by atoms with Crippen LogP contribution in [0.1, 0.15) is 61.9 Å². The zero-order chi connectivity index (χ0) is 20.1. The average Bonchev–Trinajstić information content (AvgIpc) is 3.37. The van der Waals surface area contributed by atoms with Crippen LogP contribution in [0.25, 0.3) is 0 Å². The molecule has 1 saturated heterocycles. The van der Waals surface area contributed by atoms with Gasteiger partial charge in [-0.1, -0.05) is 25.0 Å². The van der Waals surface area contributed by atoms with Crippen molar-refractivity contribution in [3.63, 3.8) is 0 Å². The number of nitrogens with zero attached hydrogens (tertiary/aromatic N) is 2. The van der Waals surface area contributed by atoms with Crippen molar-refractivity contribution in [3.8, 4) is 0 Å². The van der Waals surface area contributed by atoms with Crippen molar-refractivity contribution in [1.29, 1.82) is 0 Å². The molecule has 0 bridgehead atoms. The molecule has 1 saturated carbocycles. The maximum absolute atomic E-state index is 12.5. The van der Waals surface area contributed by atoms with E-state index in [0.717, 1.165) is 18.4 Å². The lowest BCUT2D eigenvalue weighted by molar-refractivity contribution is -0.130. The SMILES string of the molecule is CCN(CC)C(=O)c1ccc(CNC(=O)C2CC(=O)N(C3CCCC3)C2)cc1. The predicted octanol–water partition coefficient (Wildman–Crippen LogP) is 2.58. The van der Waals surface area contributed by atoms with Crippen LogP contribution in [0.4, 0.5) is 0 Å². The summed E-state index contributed by atoms with van der Waals surface area (Å²) in [6, 6.07) is 7.70. The summed E-state index contributed by atoms with van der Waals surface area (Å²) in [4.78, 5) is 40.8. The molecule has 1 atom stereocenters. The van der Waals surface area contributed by atoms with Gasteiger partial charge in [-0.15, -0.1) is 0 Å². The van der Waals surface area contributed by atoms with E-state index >= 15 is 0 Å². The van der Waals surface area contributed by atoms with Gasteiger partial charge < -0.3 is 15.1 Å². The van der Waals surface area contributed by atoms with Gasteiger partial charge in [0.15, 0.2) is 0 Å². The fourth-order valence-electron chi connectivity index (χ4n) is 4.27. The van der Waals surface area contributed by atoms with Crippen LogP contribution >= 0.6 is 0 Å². The second-order valence-corrected chi connectivity index (χ2v) is 7.78. The third-order valence-corrected chi connectivity index (χ3v) is 6.01. The summed E-state index contributed by atoms with van der Waals surface area (Å²) in [6.45, 7) is 6.26. The number of nitrogens with one attached hydrogen (secondary N) is 1. The summed E-state index contributed by atoms with van der Waals surface area (Å²) in [5, 5.41) is 2.95. The van der Waals surface area contributed by atoms with Crippen LogP contribution in [0.2, 0.25) is 0 Å². The number of likely N-dealkylation sites (tertiary alicyclic amines) is 1. The monoisotopic (exact) mass is 385 g/mol. The largest absolute Gasteiger partial charge is 0.352 e. The lowest BCUT2D eigenvalue weighted by atomic mass is 10.1. The number of amides is 3. The van der Waals surface area contributed by atoms with Crippen LogP contribution in [-0.2, 0) is 16.1 Å². The van der Waals surface area contributed by atoms with Gasteiger partial charge in [0, 0.05) is 44.2 Å². The summed E-state index contributed by atoms with van der Waals surface area (Å²) in [5.41, 5.74) is 1.61. The standard InChI is InChI=1S/C22H31N3O3/c1-3-24(4-2)22(28)17-11-9-16(10-12-17)14-23-21(27)18-13-20(26)25(15-18)19-7-5-6-8-19/h9-12,18-19H,3-8,13-15H2,1-2H3,(H,23,27). The Morgan fingerprint density at radius 1 is 1.11 bits per heavy atom. The Morgan fingerprint density at radius 3 is 2.36 bits per heavy atom. The Bertz CT molecular complexity index is 706. The molecule has 1 aliphatic heterocycles. The fourth-order valence-corrected chi connectivity index (χ4v) is 4.27. The molecule has 1 heterocycles. The number of rotatable bonds is 7. The highest BCUT2D eigenvalue weighted by atomic mass is 16.2. The molecular weight excluding hydrogens is 354 g/mol. The minimum atomic E-state index is -0.253. The van der Waals surface area contributed by atoms with E-state index in [1.54, 1.807) is 4.90 Å². The minimum Gasteiger partial charge on any atom is -0.352 e. The highest BCUT2D eigenvalue weighted by Crippen LogP contribution is 2.29. The smallest absolute Gasteiger partial charge is 0.253 e. The summed E-state index contributed by atoms with van der Waals surface area (Å²) in [6.07, 6.45) is 4.81. The Balaban J connectivity index is 1.51. The van der Waals surface area contributed by atoms with Crippen LogP contribution in [0.3, 0.4) is 0 Å². The van der Waals surface area contributed by atoms with E-state index in [9.17, 15) is 14.4 Å². The first-order valence-electron chi connectivity index (χ1n) is 10.5. The first-order chi connectivity index (χ1) is 13.5.